The normalized spacial score (nSPS) is 26.2. The van der Waals surface area contributed by atoms with E-state index in [-0.39, 0.29) is 17.9 Å². The van der Waals surface area contributed by atoms with Crippen LogP contribution in [0.3, 0.4) is 0 Å². The van der Waals surface area contributed by atoms with Gasteiger partial charge >= 0.3 is 0 Å². The molecule has 26 heavy (non-hydrogen) atoms. The van der Waals surface area contributed by atoms with Crippen LogP contribution < -0.4 is 14.2 Å². The lowest BCUT2D eigenvalue weighted by Gasteiger charge is -2.29. The SMILES string of the molecule is COc1cc2c(cc1CN1C[C@@H]3COC[C@H](C1)N(C)C3=O)OCCCO2. The Balaban J connectivity index is 1.58. The molecule has 2 bridgehead atoms. The van der Waals surface area contributed by atoms with Crippen molar-refractivity contribution in [2.75, 3.05) is 53.7 Å². The number of likely N-dealkylation sites (N-methyl/N-ethyl adjacent to an activating group) is 1. The minimum Gasteiger partial charge on any atom is -0.496 e. The predicted molar refractivity (Wildman–Crippen MR) is 94.7 cm³/mol. The summed E-state index contributed by atoms with van der Waals surface area (Å²) in [6.45, 7) is 4.58. The van der Waals surface area contributed by atoms with Crippen molar-refractivity contribution in [3.8, 4) is 17.2 Å². The van der Waals surface area contributed by atoms with E-state index >= 15 is 0 Å². The van der Waals surface area contributed by atoms with E-state index in [0.29, 0.717) is 39.5 Å². The molecule has 7 nitrogen and oxygen atoms in total. The van der Waals surface area contributed by atoms with Crippen molar-refractivity contribution in [3.05, 3.63) is 17.7 Å². The van der Waals surface area contributed by atoms with Crippen LogP contribution in [0.2, 0.25) is 0 Å². The minimum absolute atomic E-state index is 0.0846. The number of carbonyl (C=O) groups excluding carboxylic acids is 1. The Bertz CT molecular complexity index is 680. The molecule has 2 saturated heterocycles. The van der Waals surface area contributed by atoms with Crippen LogP contribution in [0.15, 0.2) is 12.1 Å². The summed E-state index contributed by atoms with van der Waals surface area (Å²) in [6, 6.07) is 4.01. The highest BCUT2D eigenvalue weighted by Gasteiger charge is 2.37. The van der Waals surface area contributed by atoms with E-state index in [4.69, 9.17) is 18.9 Å². The van der Waals surface area contributed by atoms with Crippen LogP contribution in [0.4, 0.5) is 0 Å². The van der Waals surface area contributed by atoms with Gasteiger partial charge in [0.2, 0.25) is 5.91 Å². The summed E-state index contributed by atoms with van der Waals surface area (Å²) in [5, 5.41) is 0. The maximum absolute atomic E-state index is 12.5. The van der Waals surface area contributed by atoms with Crippen molar-refractivity contribution >= 4 is 5.91 Å². The number of carbonyl (C=O) groups is 1. The first kappa shape index (κ1) is 17.4. The Labute approximate surface area is 153 Å². The average molecular weight is 362 g/mol. The largest absolute Gasteiger partial charge is 0.496 e. The standard InChI is InChI=1S/C19H26N2O5/c1-20-15-10-21(9-14(19(20)22)11-24-12-15)8-13-6-17-18(7-16(13)23-2)26-5-3-4-25-17/h6-7,14-15H,3-5,8-12H2,1-2H3/t14-,15+/m1/s1. The lowest BCUT2D eigenvalue weighted by molar-refractivity contribution is -0.133. The fourth-order valence-electron chi connectivity index (χ4n) is 3.90. The fourth-order valence-corrected chi connectivity index (χ4v) is 3.90. The summed E-state index contributed by atoms with van der Waals surface area (Å²) in [4.78, 5) is 16.7. The van der Waals surface area contributed by atoms with Crippen LogP contribution in [0.25, 0.3) is 0 Å². The molecule has 0 aliphatic carbocycles. The molecule has 1 amide bonds. The average Bonchev–Trinajstić information content (AvgIpc) is 2.96. The first-order chi connectivity index (χ1) is 12.7. The number of fused-ring (bicyclic) bond motifs is 4. The van der Waals surface area contributed by atoms with Gasteiger partial charge in [-0.3, -0.25) is 9.69 Å². The summed E-state index contributed by atoms with van der Waals surface area (Å²) in [7, 11) is 3.55. The van der Waals surface area contributed by atoms with Gasteiger partial charge in [0.1, 0.15) is 5.75 Å². The van der Waals surface area contributed by atoms with Gasteiger partial charge in [0.25, 0.3) is 0 Å². The molecule has 7 heteroatoms. The highest BCUT2D eigenvalue weighted by Crippen LogP contribution is 2.37. The number of hydrogen-bond acceptors (Lipinski definition) is 6. The molecule has 2 atom stereocenters. The van der Waals surface area contributed by atoms with Crippen LogP contribution in [0, 0.1) is 5.92 Å². The number of nitrogens with zero attached hydrogens (tertiary/aromatic N) is 2. The zero-order valence-electron chi connectivity index (χ0n) is 15.4. The fraction of sp³-hybridized carbons (Fsp3) is 0.632. The van der Waals surface area contributed by atoms with Crippen LogP contribution in [-0.2, 0) is 16.1 Å². The molecule has 1 aromatic carbocycles. The summed E-state index contributed by atoms with van der Waals surface area (Å²) in [5.41, 5.74) is 1.05. The van der Waals surface area contributed by atoms with E-state index in [1.54, 1.807) is 7.11 Å². The maximum Gasteiger partial charge on any atom is 0.229 e. The zero-order chi connectivity index (χ0) is 18.1. The van der Waals surface area contributed by atoms with Gasteiger partial charge in [-0.2, -0.15) is 0 Å². The van der Waals surface area contributed by atoms with Gasteiger partial charge in [-0.15, -0.1) is 0 Å². The van der Waals surface area contributed by atoms with Crippen LogP contribution >= 0.6 is 0 Å². The molecule has 3 aliphatic heterocycles. The molecule has 142 valence electrons. The first-order valence-corrected chi connectivity index (χ1v) is 9.19. The second-order valence-corrected chi connectivity index (χ2v) is 7.19. The van der Waals surface area contributed by atoms with Crippen molar-refractivity contribution in [1.82, 2.24) is 9.80 Å². The van der Waals surface area contributed by atoms with Crippen molar-refractivity contribution < 1.29 is 23.7 Å². The number of amides is 1. The predicted octanol–water partition coefficient (Wildman–Crippen LogP) is 1.15. The first-order valence-electron chi connectivity index (χ1n) is 9.19. The molecule has 1 aromatic rings. The third kappa shape index (κ3) is 3.33. The van der Waals surface area contributed by atoms with Gasteiger partial charge < -0.3 is 23.8 Å². The van der Waals surface area contributed by atoms with Gasteiger partial charge in [0.05, 0.1) is 45.5 Å². The molecule has 0 radical (unpaired) electrons. The monoisotopic (exact) mass is 362 g/mol. The molecule has 3 aliphatic rings. The Kier molecular flexibility index (Phi) is 4.91. The number of rotatable bonds is 3. The van der Waals surface area contributed by atoms with E-state index in [1.165, 1.54) is 0 Å². The number of methoxy groups -OCH3 is 1. The van der Waals surface area contributed by atoms with Crippen molar-refractivity contribution in [1.29, 1.82) is 0 Å². The van der Waals surface area contributed by atoms with Crippen molar-refractivity contribution in [2.24, 2.45) is 5.92 Å². The highest BCUT2D eigenvalue weighted by atomic mass is 16.5. The minimum atomic E-state index is -0.112. The highest BCUT2D eigenvalue weighted by molar-refractivity contribution is 5.80. The molecule has 4 rings (SSSR count). The molecule has 0 aromatic heterocycles. The Morgan fingerprint density at radius 2 is 1.92 bits per heavy atom. The second kappa shape index (κ2) is 7.32. The van der Waals surface area contributed by atoms with E-state index in [2.05, 4.69) is 4.90 Å². The summed E-state index contributed by atoms with van der Waals surface area (Å²) >= 11 is 0. The van der Waals surface area contributed by atoms with Gasteiger partial charge in [0.15, 0.2) is 11.5 Å². The number of benzene rings is 1. The molecular formula is C19H26N2O5. The molecule has 3 heterocycles. The molecule has 0 N–H and O–H groups in total. The van der Waals surface area contributed by atoms with Crippen LogP contribution in [0.5, 0.6) is 17.2 Å². The van der Waals surface area contributed by atoms with Gasteiger partial charge in [-0.1, -0.05) is 0 Å². The Morgan fingerprint density at radius 1 is 1.15 bits per heavy atom. The second-order valence-electron chi connectivity index (χ2n) is 7.19. The van der Waals surface area contributed by atoms with E-state index in [9.17, 15) is 4.79 Å². The smallest absolute Gasteiger partial charge is 0.229 e. The molecule has 0 saturated carbocycles. The molecular weight excluding hydrogens is 336 g/mol. The third-order valence-electron chi connectivity index (χ3n) is 5.37. The van der Waals surface area contributed by atoms with Crippen molar-refractivity contribution in [2.45, 2.75) is 19.0 Å². The van der Waals surface area contributed by atoms with Crippen LogP contribution in [0.1, 0.15) is 12.0 Å². The van der Waals surface area contributed by atoms with Crippen LogP contribution in [-0.4, -0.2) is 75.4 Å². The Hall–Kier alpha value is -1.99. The quantitative estimate of drug-likeness (QED) is 0.804. The maximum atomic E-state index is 12.5. The van der Waals surface area contributed by atoms with Crippen molar-refractivity contribution in [3.63, 3.8) is 0 Å². The zero-order valence-corrected chi connectivity index (χ0v) is 15.4. The Morgan fingerprint density at radius 3 is 2.69 bits per heavy atom. The van der Waals surface area contributed by atoms with E-state index < -0.39 is 0 Å². The number of hydrogen-bond donors (Lipinski definition) is 0. The van der Waals surface area contributed by atoms with Gasteiger partial charge in [0, 0.05) is 44.7 Å². The lowest BCUT2D eigenvalue weighted by Crippen LogP contribution is -2.42. The molecule has 0 unspecified atom stereocenters. The summed E-state index contributed by atoms with van der Waals surface area (Å²) in [5.74, 6) is 2.36. The lowest BCUT2D eigenvalue weighted by atomic mass is 10.1. The molecule has 2 fully saturated rings. The third-order valence-corrected chi connectivity index (χ3v) is 5.37. The van der Waals surface area contributed by atoms with E-state index in [0.717, 1.165) is 35.8 Å². The number of ether oxygens (including phenoxy) is 4. The van der Waals surface area contributed by atoms with E-state index in [1.807, 2.05) is 24.1 Å². The molecule has 0 spiro atoms. The van der Waals surface area contributed by atoms with Gasteiger partial charge in [-0.05, 0) is 6.07 Å². The van der Waals surface area contributed by atoms with Gasteiger partial charge in [-0.25, -0.2) is 0 Å². The topological polar surface area (TPSA) is 60.5 Å². The summed E-state index contributed by atoms with van der Waals surface area (Å²) < 4.78 is 22.9. The summed E-state index contributed by atoms with van der Waals surface area (Å²) in [6.07, 6.45) is 0.871.